The van der Waals surface area contributed by atoms with Gasteiger partial charge in [-0.05, 0) is 61.9 Å². The summed E-state index contributed by atoms with van der Waals surface area (Å²) >= 11 is 0. The minimum absolute atomic E-state index is 0.0543. The van der Waals surface area contributed by atoms with Crippen molar-refractivity contribution in [1.29, 1.82) is 0 Å². The van der Waals surface area contributed by atoms with E-state index in [1.807, 2.05) is 22.9 Å². The summed E-state index contributed by atoms with van der Waals surface area (Å²) in [5.74, 6) is 0.657. The zero-order chi connectivity index (χ0) is 20.1. The standard InChI is InChI=1S/C21H24N6O2/c1-12-7-18-17(25-21(28)27(18)15-5-3-14(22)4-6-15)9-16(12)13-8-19(29-2)20-23-11-24-26(20)10-13/h7-11,14-15H,3-6,22H2,1-2H3,(H,25,28). The molecular weight excluding hydrogens is 368 g/mol. The van der Waals surface area contributed by atoms with Crippen molar-refractivity contribution in [3.8, 4) is 16.9 Å². The lowest BCUT2D eigenvalue weighted by molar-refractivity contribution is 0.324. The lowest BCUT2D eigenvalue weighted by Crippen LogP contribution is -2.31. The van der Waals surface area contributed by atoms with E-state index in [1.54, 1.807) is 11.6 Å². The number of nitrogens with two attached hydrogens (primary N) is 1. The Balaban J connectivity index is 1.64. The number of ether oxygens (including phenoxy) is 1. The molecular formula is C21H24N6O2. The van der Waals surface area contributed by atoms with Crippen LogP contribution in [0.2, 0.25) is 0 Å². The van der Waals surface area contributed by atoms with Crippen molar-refractivity contribution in [2.45, 2.75) is 44.7 Å². The number of methoxy groups -OCH3 is 1. The highest BCUT2D eigenvalue weighted by atomic mass is 16.5. The fourth-order valence-corrected chi connectivity index (χ4v) is 4.50. The molecule has 29 heavy (non-hydrogen) atoms. The van der Waals surface area contributed by atoms with Crippen LogP contribution in [0.1, 0.15) is 37.3 Å². The predicted octanol–water partition coefficient (Wildman–Crippen LogP) is 2.80. The van der Waals surface area contributed by atoms with Gasteiger partial charge >= 0.3 is 5.69 Å². The summed E-state index contributed by atoms with van der Waals surface area (Å²) < 4.78 is 9.11. The largest absolute Gasteiger partial charge is 0.493 e. The number of nitrogens with one attached hydrogen (secondary N) is 1. The Labute approximate surface area is 167 Å². The molecule has 3 aromatic heterocycles. The maximum atomic E-state index is 12.8. The van der Waals surface area contributed by atoms with Gasteiger partial charge < -0.3 is 15.5 Å². The van der Waals surface area contributed by atoms with Crippen LogP contribution in [0.25, 0.3) is 27.8 Å². The molecule has 150 valence electrons. The third-order valence-corrected chi connectivity index (χ3v) is 6.04. The summed E-state index contributed by atoms with van der Waals surface area (Å²) in [4.78, 5) is 20.0. The molecule has 0 bridgehead atoms. The Morgan fingerprint density at radius 1 is 1.21 bits per heavy atom. The smallest absolute Gasteiger partial charge is 0.326 e. The fourth-order valence-electron chi connectivity index (χ4n) is 4.50. The summed E-state index contributed by atoms with van der Waals surface area (Å²) in [5, 5.41) is 4.24. The van der Waals surface area contributed by atoms with Crippen LogP contribution in [0.4, 0.5) is 0 Å². The van der Waals surface area contributed by atoms with Gasteiger partial charge in [0.1, 0.15) is 6.33 Å². The quantitative estimate of drug-likeness (QED) is 0.558. The molecule has 0 spiro atoms. The molecule has 0 saturated heterocycles. The maximum absolute atomic E-state index is 12.8. The molecule has 1 aliphatic carbocycles. The van der Waals surface area contributed by atoms with Gasteiger partial charge in [-0.25, -0.2) is 14.3 Å². The second-order valence-electron chi connectivity index (χ2n) is 7.88. The van der Waals surface area contributed by atoms with Gasteiger partial charge in [-0.3, -0.25) is 4.57 Å². The Kier molecular flexibility index (Phi) is 4.16. The van der Waals surface area contributed by atoms with E-state index in [9.17, 15) is 4.79 Å². The van der Waals surface area contributed by atoms with Crippen molar-refractivity contribution in [1.82, 2.24) is 24.1 Å². The van der Waals surface area contributed by atoms with Crippen LogP contribution in [0.3, 0.4) is 0 Å². The zero-order valence-electron chi connectivity index (χ0n) is 16.6. The minimum atomic E-state index is -0.0543. The summed E-state index contributed by atoms with van der Waals surface area (Å²) in [6.45, 7) is 2.06. The Morgan fingerprint density at radius 3 is 2.76 bits per heavy atom. The average Bonchev–Trinajstić information content (AvgIpc) is 3.31. The number of hydrogen-bond donors (Lipinski definition) is 2. The van der Waals surface area contributed by atoms with E-state index >= 15 is 0 Å². The van der Waals surface area contributed by atoms with Crippen LogP contribution >= 0.6 is 0 Å². The fraction of sp³-hybridized carbons (Fsp3) is 0.381. The van der Waals surface area contributed by atoms with Crippen molar-refractivity contribution >= 4 is 16.7 Å². The molecule has 0 aliphatic heterocycles. The number of nitrogens with zero attached hydrogens (tertiary/aromatic N) is 4. The number of benzene rings is 1. The minimum Gasteiger partial charge on any atom is -0.493 e. The van der Waals surface area contributed by atoms with Gasteiger partial charge in [0.2, 0.25) is 0 Å². The lowest BCUT2D eigenvalue weighted by Gasteiger charge is -2.27. The molecule has 4 aromatic rings. The van der Waals surface area contributed by atoms with Crippen molar-refractivity contribution < 1.29 is 4.74 Å². The first-order chi connectivity index (χ1) is 14.0. The first-order valence-electron chi connectivity index (χ1n) is 9.93. The molecule has 1 aromatic carbocycles. The van der Waals surface area contributed by atoms with E-state index in [1.165, 1.54) is 6.33 Å². The normalized spacial score (nSPS) is 19.8. The first-order valence-corrected chi connectivity index (χ1v) is 9.93. The van der Waals surface area contributed by atoms with Gasteiger partial charge in [0, 0.05) is 23.8 Å². The highest BCUT2D eigenvalue weighted by Crippen LogP contribution is 2.33. The molecule has 0 unspecified atom stereocenters. The number of H-pyrrole nitrogens is 1. The molecule has 1 saturated carbocycles. The van der Waals surface area contributed by atoms with Crippen molar-refractivity contribution in [2.24, 2.45) is 5.73 Å². The van der Waals surface area contributed by atoms with Crippen molar-refractivity contribution in [3.05, 3.63) is 46.8 Å². The van der Waals surface area contributed by atoms with Gasteiger partial charge in [0.15, 0.2) is 11.4 Å². The predicted molar refractivity (Wildman–Crippen MR) is 111 cm³/mol. The second-order valence-corrected chi connectivity index (χ2v) is 7.88. The first kappa shape index (κ1) is 17.9. The molecule has 8 heteroatoms. The molecule has 0 radical (unpaired) electrons. The van der Waals surface area contributed by atoms with Gasteiger partial charge in [-0.1, -0.05) is 0 Å². The molecule has 3 heterocycles. The Bertz CT molecular complexity index is 1260. The number of fused-ring (bicyclic) bond motifs is 2. The van der Waals surface area contributed by atoms with Gasteiger partial charge in [-0.15, -0.1) is 0 Å². The molecule has 0 atom stereocenters. The molecule has 5 rings (SSSR count). The van der Waals surface area contributed by atoms with Crippen LogP contribution < -0.4 is 16.2 Å². The summed E-state index contributed by atoms with van der Waals surface area (Å²) in [6, 6.07) is 6.54. The number of rotatable bonds is 3. The van der Waals surface area contributed by atoms with Gasteiger partial charge in [-0.2, -0.15) is 5.10 Å². The molecule has 3 N–H and O–H groups in total. The van der Waals surface area contributed by atoms with E-state index in [0.717, 1.165) is 53.4 Å². The SMILES string of the molecule is COc1cc(-c2cc3[nH]c(=O)n(C4CCC(N)CC4)c3cc2C)cn2ncnc12. The highest BCUT2D eigenvalue weighted by Gasteiger charge is 2.23. The van der Waals surface area contributed by atoms with Crippen molar-refractivity contribution in [3.63, 3.8) is 0 Å². The van der Waals surface area contributed by atoms with E-state index < -0.39 is 0 Å². The van der Waals surface area contributed by atoms with Crippen molar-refractivity contribution in [2.75, 3.05) is 7.11 Å². The Morgan fingerprint density at radius 2 is 2.00 bits per heavy atom. The van der Waals surface area contributed by atoms with Crippen LogP contribution in [-0.2, 0) is 0 Å². The van der Waals surface area contributed by atoms with E-state index in [2.05, 4.69) is 28.1 Å². The number of hydrogen-bond acceptors (Lipinski definition) is 5. The summed E-state index contributed by atoms with van der Waals surface area (Å²) in [7, 11) is 1.62. The van der Waals surface area contributed by atoms with E-state index in [4.69, 9.17) is 10.5 Å². The van der Waals surface area contributed by atoms with Crippen LogP contribution in [-0.4, -0.2) is 37.3 Å². The number of pyridine rings is 1. The number of aromatic amines is 1. The Hall–Kier alpha value is -3.13. The summed E-state index contributed by atoms with van der Waals surface area (Å²) in [6.07, 6.45) is 7.23. The molecule has 1 fully saturated rings. The molecule has 8 nitrogen and oxygen atoms in total. The third-order valence-electron chi connectivity index (χ3n) is 6.04. The second kappa shape index (κ2) is 6.73. The number of imidazole rings is 1. The third kappa shape index (κ3) is 2.91. The van der Waals surface area contributed by atoms with Crippen LogP contribution in [0.15, 0.2) is 35.5 Å². The van der Waals surface area contributed by atoms with Crippen LogP contribution in [0.5, 0.6) is 5.75 Å². The highest BCUT2D eigenvalue weighted by molar-refractivity contribution is 5.85. The number of aromatic nitrogens is 5. The monoisotopic (exact) mass is 392 g/mol. The van der Waals surface area contributed by atoms with Gasteiger partial charge in [0.25, 0.3) is 0 Å². The zero-order valence-corrected chi connectivity index (χ0v) is 16.6. The maximum Gasteiger partial charge on any atom is 0.326 e. The lowest BCUT2D eigenvalue weighted by atomic mass is 9.91. The molecule has 1 aliphatic rings. The summed E-state index contributed by atoms with van der Waals surface area (Å²) in [5.41, 5.74) is 11.5. The average molecular weight is 392 g/mol. The van der Waals surface area contributed by atoms with Gasteiger partial charge in [0.05, 0.1) is 18.1 Å². The van der Waals surface area contributed by atoms with E-state index in [-0.39, 0.29) is 17.8 Å². The molecule has 0 amide bonds. The number of aryl methyl sites for hydroxylation is 1. The van der Waals surface area contributed by atoms with E-state index in [0.29, 0.717) is 11.4 Å². The topological polar surface area (TPSA) is 103 Å². The van der Waals surface area contributed by atoms with Crippen LogP contribution in [0, 0.1) is 6.92 Å².